The van der Waals surface area contributed by atoms with Crippen LogP contribution in [0.3, 0.4) is 0 Å². The van der Waals surface area contributed by atoms with Crippen molar-refractivity contribution < 1.29 is 0 Å². The average molecular weight is 328 g/mol. The van der Waals surface area contributed by atoms with Crippen LogP contribution in [0.1, 0.15) is 18.1 Å². The van der Waals surface area contributed by atoms with Crippen molar-refractivity contribution in [2.24, 2.45) is 0 Å². The summed E-state index contributed by atoms with van der Waals surface area (Å²) in [6.45, 7) is 1.92. The Kier molecular flexibility index (Phi) is 3.88. The van der Waals surface area contributed by atoms with Crippen molar-refractivity contribution in [1.29, 1.82) is 0 Å². The van der Waals surface area contributed by atoms with Crippen molar-refractivity contribution in [1.82, 2.24) is 14.8 Å². The SMILES string of the molecule is CC(Cl)(c1ccccc1)c1ccc(-n2ncc(=O)[nH]c2=O)cc1. The second-order valence-electron chi connectivity index (χ2n) is 5.27. The zero-order chi connectivity index (χ0) is 16.4. The third-order valence-corrected chi connectivity index (χ3v) is 4.12. The van der Waals surface area contributed by atoms with Crippen LogP contribution in [0, 0.1) is 0 Å². The molecule has 6 heteroatoms. The highest BCUT2D eigenvalue weighted by Crippen LogP contribution is 2.36. The van der Waals surface area contributed by atoms with Crippen molar-refractivity contribution in [3.05, 3.63) is 92.8 Å². The molecule has 1 heterocycles. The number of nitrogens with zero attached hydrogens (tertiary/aromatic N) is 2. The minimum Gasteiger partial charge on any atom is -0.271 e. The minimum absolute atomic E-state index is 0.528. The molecule has 0 bridgehead atoms. The maximum atomic E-state index is 11.8. The largest absolute Gasteiger partial charge is 0.349 e. The Bertz CT molecular complexity index is 928. The predicted octanol–water partition coefficient (Wildman–Crippen LogP) is 2.42. The summed E-state index contributed by atoms with van der Waals surface area (Å²) in [6, 6.07) is 16.9. The Morgan fingerprint density at radius 2 is 1.61 bits per heavy atom. The van der Waals surface area contributed by atoms with Crippen LogP contribution in [0.25, 0.3) is 5.69 Å². The first kappa shape index (κ1) is 15.2. The Morgan fingerprint density at radius 1 is 1.00 bits per heavy atom. The summed E-state index contributed by atoms with van der Waals surface area (Å²) in [6.07, 6.45) is 1.06. The molecule has 0 saturated heterocycles. The summed E-state index contributed by atoms with van der Waals surface area (Å²) in [7, 11) is 0. The lowest BCUT2D eigenvalue weighted by atomic mass is 9.92. The Labute approximate surface area is 137 Å². The van der Waals surface area contributed by atoms with Gasteiger partial charge in [0.15, 0.2) is 0 Å². The molecule has 1 N–H and O–H groups in total. The van der Waals surface area contributed by atoms with Gasteiger partial charge in [0.25, 0.3) is 5.56 Å². The summed E-state index contributed by atoms with van der Waals surface area (Å²) < 4.78 is 1.12. The number of halogens is 1. The van der Waals surface area contributed by atoms with E-state index in [1.807, 2.05) is 49.4 Å². The Hall–Kier alpha value is -2.66. The van der Waals surface area contributed by atoms with E-state index >= 15 is 0 Å². The van der Waals surface area contributed by atoms with Crippen LogP contribution < -0.4 is 11.2 Å². The topological polar surface area (TPSA) is 67.8 Å². The molecule has 0 radical (unpaired) electrons. The molecule has 1 aromatic heterocycles. The van der Waals surface area contributed by atoms with Gasteiger partial charge in [-0.15, -0.1) is 11.6 Å². The second-order valence-corrected chi connectivity index (χ2v) is 6.02. The molecule has 0 aliphatic heterocycles. The quantitative estimate of drug-likeness (QED) is 0.751. The molecule has 2 aromatic carbocycles. The molecule has 0 saturated carbocycles. The lowest BCUT2D eigenvalue weighted by Gasteiger charge is -2.23. The fourth-order valence-corrected chi connectivity index (χ4v) is 2.62. The van der Waals surface area contributed by atoms with Gasteiger partial charge in [-0.25, -0.2) is 4.79 Å². The van der Waals surface area contributed by atoms with Crippen LogP contribution in [0.5, 0.6) is 0 Å². The molecule has 116 valence electrons. The highest BCUT2D eigenvalue weighted by molar-refractivity contribution is 6.25. The van der Waals surface area contributed by atoms with Crippen molar-refractivity contribution in [2.45, 2.75) is 11.8 Å². The van der Waals surface area contributed by atoms with Gasteiger partial charge in [-0.05, 0) is 30.2 Å². The van der Waals surface area contributed by atoms with E-state index in [1.165, 1.54) is 0 Å². The van der Waals surface area contributed by atoms with Gasteiger partial charge >= 0.3 is 5.69 Å². The summed E-state index contributed by atoms with van der Waals surface area (Å²) in [5, 5.41) is 3.83. The van der Waals surface area contributed by atoms with Gasteiger partial charge in [-0.3, -0.25) is 9.78 Å². The van der Waals surface area contributed by atoms with Gasteiger partial charge in [0.2, 0.25) is 0 Å². The number of H-pyrrole nitrogens is 1. The first-order valence-electron chi connectivity index (χ1n) is 7.02. The van der Waals surface area contributed by atoms with Crippen LogP contribution in [0.15, 0.2) is 70.4 Å². The highest BCUT2D eigenvalue weighted by Gasteiger charge is 2.25. The first-order chi connectivity index (χ1) is 11.0. The molecular formula is C17H14ClN3O2. The molecule has 0 fully saturated rings. The van der Waals surface area contributed by atoms with Crippen LogP contribution in [-0.2, 0) is 4.87 Å². The van der Waals surface area contributed by atoms with Crippen LogP contribution in [0.2, 0.25) is 0 Å². The summed E-state index contributed by atoms with van der Waals surface area (Å²) in [5.41, 5.74) is 1.32. The van der Waals surface area contributed by atoms with Gasteiger partial charge in [-0.1, -0.05) is 42.5 Å². The van der Waals surface area contributed by atoms with Crippen LogP contribution in [0.4, 0.5) is 0 Å². The lowest BCUT2D eigenvalue weighted by Crippen LogP contribution is -2.30. The fourth-order valence-electron chi connectivity index (χ4n) is 2.37. The van der Waals surface area contributed by atoms with Crippen LogP contribution >= 0.6 is 11.6 Å². The average Bonchev–Trinajstić information content (AvgIpc) is 2.56. The zero-order valence-electron chi connectivity index (χ0n) is 12.4. The summed E-state index contributed by atoms with van der Waals surface area (Å²) >= 11 is 6.71. The standard InChI is InChI=1S/C17H14ClN3O2/c1-17(18,12-5-3-2-4-6-12)13-7-9-14(10-8-13)21-16(23)20-15(22)11-19-21/h2-11H,1H3,(H,20,22,23). The first-order valence-corrected chi connectivity index (χ1v) is 7.40. The molecule has 1 unspecified atom stereocenters. The van der Waals surface area contributed by atoms with E-state index in [1.54, 1.807) is 12.1 Å². The monoisotopic (exact) mass is 327 g/mol. The number of hydrogen-bond donors (Lipinski definition) is 1. The van der Waals surface area contributed by atoms with Crippen molar-refractivity contribution >= 4 is 11.6 Å². The van der Waals surface area contributed by atoms with Crippen molar-refractivity contribution in [3.63, 3.8) is 0 Å². The van der Waals surface area contributed by atoms with Gasteiger partial charge in [0.05, 0.1) is 10.6 Å². The van der Waals surface area contributed by atoms with Gasteiger partial charge in [-0.2, -0.15) is 9.78 Å². The van der Waals surface area contributed by atoms with E-state index in [4.69, 9.17) is 11.6 Å². The smallest absolute Gasteiger partial charge is 0.271 e. The van der Waals surface area contributed by atoms with E-state index in [2.05, 4.69) is 10.1 Å². The van der Waals surface area contributed by atoms with Gasteiger partial charge in [0.1, 0.15) is 6.20 Å². The van der Waals surface area contributed by atoms with E-state index < -0.39 is 16.1 Å². The van der Waals surface area contributed by atoms with E-state index in [9.17, 15) is 9.59 Å². The molecule has 0 amide bonds. The predicted molar refractivity (Wildman–Crippen MR) is 89.2 cm³/mol. The molecule has 1 atom stereocenters. The summed E-state index contributed by atoms with van der Waals surface area (Å²) in [5.74, 6) is 0. The van der Waals surface area contributed by atoms with E-state index in [-0.39, 0.29) is 0 Å². The molecule has 5 nitrogen and oxygen atoms in total. The summed E-state index contributed by atoms with van der Waals surface area (Å²) in [4.78, 5) is 24.3. The number of benzene rings is 2. The number of nitrogens with one attached hydrogen (secondary N) is 1. The van der Waals surface area contributed by atoms with Gasteiger partial charge in [0, 0.05) is 0 Å². The normalized spacial score (nSPS) is 13.5. The highest BCUT2D eigenvalue weighted by atomic mass is 35.5. The molecular weight excluding hydrogens is 314 g/mol. The molecule has 3 aromatic rings. The van der Waals surface area contributed by atoms with Crippen molar-refractivity contribution in [3.8, 4) is 5.69 Å². The lowest BCUT2D eigenvalue weighted by molar-refractivity contribution is 0.747. The zero-order valence-corrected chi connectivity index (χ0v) is 13.1. The molecule has 3 rings (SSSR count). The van der Waals surface area contributed by atoms with Crippen molar-refractivity contribution in [2.75, 3.05) is 0 Å². The Morgan fingerprint density at radius 3 is 2.22 bits per heavy atom. The third-order valence-electron chi connectivity index (χ3n) is 3.68. The number of aromatic nitrogens is 3. The van der Waals surface area contributed by atoms with E-state index in [0.29, 0.717) is 5.69 Å². The maximum Gasteiger partial charge on any atom is 0.349 e. The van der Waals surface area contributed by atoms with Gasteiger partial charge < -0.3 is 0 Å². The fraction of sp³-hybridized carbons (Fsp3) is 0.118. The molecule has 23 heavy (non-hydrogen) atoms. The maximum absolute atomic E-state index is 11.8. The number of alkyl halides is 1. The third kappa shape index (κ3) is 2.96. The molecule has 0 spiro atoms. The van der Waals surface area contributed by atoms with E-state index in [0.717, 1.165) is 22.0 Å². The number of rotatable bonds is 3. The number of aromatic amines is 1. The molecule has 0 aliphatic carbocycles. The molecule has 0 aliphatic rings. The van der Waals surface area contributed by atoms with Crippen LogP contribution in [-0.4, -0.2) is 14.8 Å². The number of hydrogen-bond acceptors (Lipinski definition) is 3. The minimum atomic E-state index is -0.677. The Balaban J connectivity index is 1.99. The second kappa shape index (κ2) is 5.85.